The lowest BCUT2D eigenvalue weighted by atomic mass is 10.1. The van der Waals surface area contributed by atoms with Crippen LogP contribution >= 0.6 is 0 Å². The van der Waals surface area contributed by atoms with Crippen molar-refractivity contribution in [1.82, 2.24) is 5.32 Å². The molecule has 5 heteroatoms. The van der Waals surface area contributed by atoms with Gasteiger partial charge >= 0.3 is 0 Å². The Hall–Kier alpha value is -2.82. The summed E-state index contributed by atoms with van der Waals surface area (Å²) in [5.41, 5.74) is 3.20. The summed E-state index contributed by atoms with van der Waals surface area (Å²) in [6.45, 7) is 4.67. The second-order valence-corrected chi connectivity index (χ2v) is 5.21. The van der Waals surface area contributed by atoms with Gasteiger partial charge in [-0.15, -0.1) is 0 Å². The normalized spacial score (nSPS) is 10.0. The molecule has 0 atom stereocenters. The van der Waals surface area contributed by atoms with Crippen LogP contribution in [0, 0.1) is 6.92 Å². The molecule has 0 saturated carbocycles. The number of carbonyl (C=O) groups excluding carboxylic acids is 2. The van der Waals surface area contributed by atoms with Gasteiger partial charge in [-0.25, -0.2) is 0 Å². The number of hydrogen-bond acceptors (Lipinski definition) is 3. The zero-order valence-electron chi connectivity index (χ0n) is 13.3. The molecule has 2 amide bonds. The van der Waals surface area contributed by atoms with Crippen LogP contribution in [0.3, 0.4) is 0 Å². The largest absolute Gasteiger partial charge is 0.376 e. The molecule has 0 radical (unpaired) electrons. The maximum absolute atomic E-state index is 12.2. The average molecular weight is 311 g/mol. The Kier molecular flexibility index (Phi) is 5.74. The van der Waals surface area contributed by atoms with Crippen molar-refractivity contribution in [2.75, 3.05) is 23.7 Å². The van der Waals surface area contributed by atoms with Crippen LogP contribution in [0.4, 0.5) is 11.4 Å². The molecule has 0 aliphatic carbocycles. The molecule has 0 fully saturated rings. The number of aryl methyl sites for hydroxylation is 1. The molecule has 3 N–H and O–H groups in total. The van der Waals surface area contributed by atoms with Gasteiger partial charge in [0.1, 0.15) is 0 Å². The summed E-state index contributed by atoms with van der Waals surface area (Å²) in [6.07, 6.45) is 0. The van der Waals surface area contributed by atoms with Gasteiger partial charge in [-0.3, -0.25) is 9.59 Å². The standard InChI is InChI=1S/C18H21N3O2/c1-3-19-17(22)12-20-15-7-9-16(10-8-15)21-18(23)14-6-4-5-13(2)11-14/h4-11,20H,3,12H2,1-2H3,(H,19,22)(H,21,23). The molecule has 0 aromatic heterocycles. The van der Waals surface area contributed by atoms with E-state index >= 15 is 0 Å². The Morgan fingerprint density at radius 3 is 2.35 bits per heavy atom. The summed E-state index contributed by atoms with van der Waals surface area (Å²) in [6, 6.07) is 14.7. The van der Waals surface area contributed by atoms with Crippen molar-refractivity contribution in [3.05, 3.63) is 59.7 Å². The van der Waals surface area contributed by atoms with Crippen LogP contribution in [0.15, 0.2) is 48.5 Å². The van der Waals surface area contributed by atoms with Gasteiger partial charge in [-0.1, -0.05) is 17.7 Å². The first-order chi connectivity index (χ1) is 11.1. The fourth-order valence-electron chi connectivity index (χ4n) is 2.10. The first-order valence-corrected chi connectivity index (χ1v) is 7.57. The predicted octanol–water partition coefficient (Wildman–Crippen LogP) is 2.80. The lowest BCUT2D eigenvalue weighted by Crippen LogP contribution is -2.29. The summed E-state index contributed by atoms with van der Waals surface area (Å²) in [5, 5.41) is 8.59. The summed E-state index contributed by atoms with van der Waals surface area (Å²) < 4.78 is 0. The molecule has 23 heavy (non-hydrogen) atoms. The second kappa shape index (κ2) is 7.98. The molecule has 0 heterocycles. The molecule has 5 nitrogen and oxygen atoms in total. The van der Waals surface area contributed by atoms with E-state index < -0.39 is 0 Å². The summed E-state index contributed by atoms with van der Waals surface area (Å²) >= 11 is 0. The first kappa shape index (κ1) is 16.5. The van der Waals surface area contributed by atoms with Gasteiger partial charge in [0.15, 0.2) is 0 Å². The highest BCUT2D eigenvalue weighted by atomic mass is 16.2. The van der Waals surface area contributed by atoms with Crippen LogP contribution < -0.4 is 16.0 Å². The first-order valence-electron chi connectivity index (χ1n) is 7.57. The quantitative estimate of drug-likeness (QED) is 0.768. The molecule has 2 aromatic rings. The Labute approximate surface area is 136 Å². The van der Waals surface area contributed by atoms with Crippen LogP contribution in [-0.2, 0) is 4.79 Å². The van der Waals surface area contributed by atoms with Crippen molar-refractivity contribution < 1.29 is 9.59 Å². The van der Waals surface area contributed by atoms with Gasteiger partial charge < -0.3 is 16.0 Å². The number of likely N-dealkylation sites (N-methyl/N-ethyl adjacent to an activating group) is 1. The number of rotatable bonds is 6. The van der Waals surface area contributed by atoms with E-state index in [9.17, 15) is 9.59 Å². The highest BCUT2D eigenvalue weighted by Gasteiger charge is 2.06. The number of nitrogens with one attached hydrogen (secondary N) is 3. The van der Waals surface area contributed by atoms with Crippen LogP contribution in [-0.4, -0.2) is 24.9 Å². The van der Waals surface area contributed by atoms with E-state index in [0.29, 0.717) is 17.8 Å². The zero-order chi connectivity index (χ0) is 16.7. The van der Waals surface area contributed by atoms with Crippen molar-refractivity contribution >= 4 is 23.2 Å². The predicted molar refractivity (Wildman–Crippen MR) is 92.7 cm³/mol. The minimum atomic E-state index is -0.142. The van der Waals surface area contributed by atoms with Crippen LogP contribution in [0.2, 0.25) is 0 Å². The van der Waals surface area contributed by atoms with Crippen molar-refractivity contribution in [1.29, 1.82) is 0 Å². The van der Waals surface area contributed by atoms with Crippen molar-refractivity contribution in [2.24, 2.45) is 0 Å². The van der Waals surface area contributed by atoms with Crippen LogP contribution in [0.25, 0.3) is 0 Å². The highest BCUT2D eigenvalue weighted by molar-refractivity contribution is 6.04. The fourth-order valence-corrected chi connectivity index (χ4v) is 2.10. The maximum atomic E-state index is 12.2. The number of benzene rings is 2. The van der Waals surface area contributed by atoms with Crippen molar-refractivity contribution in [3.8, 4) is 0 Å². The lowest BCUT2D eigenvalue weighted by Gasteiger charge is -2.09. The van der Waals surface area contributed by atoms with Crippen molar-refractivity contribution in [3.63, 3.8) is 0 Å². The fraction of sp³-hybridized carbons (Fsp3) is 0.222. The minimum absolute atomic E-state index is 0.0515. The van der Waals surface area contributed by atoms with Crippen LogP contribution in [0.1, 0.15) is 22.8 Å². The van der Waals surface area contributed by atoms with Gasteiger partial charge in [-0.05, 0) is 50.2 Å². The monoisotopic (exact) mass is 311 g/mol. The topological polar surface area (TPSA) is 70.2 Å². The molecule has 2 aromatic carbocycles. The third-order valence-electron chi connectivity index (χ3n) is 3.25. The second-order valence-electron chi connectivity index (χ2n) is 5.21. The van der Waals surface area contributed by atoms with E-state index in [-0.39, 0.29) is 18.4 Å². The molecule has 0 unspecified atom stereocenters. The molecule has 0 aliphatic heterocycles. The van der Waals surface area contributed by atoms with Gasteiger partial charge in [-0.2, -0.15) is 0 Å². The minimum Gasteiger partial charge on any atom is -0.376 e. The molecule has 0 spiro atoms. The van der Waals surface area contributed by atoms with Gasteiger partial charge in [0.2, 0.25) is 5.91 Å². The molecule has 0 saturated heterocycles. The van der Waals surface area contributed by atoms with Crippen LogP contribution in [0.5, 0.6) is 0 Å². The van der Waals surface area contributed by atoms with Gasteiger partial charge in [0.25, 0.3) is 5.91 Å². The number of hydrogen-bond donors (Lipinski definition) is 3. The smallest absolute Gasteiger partial charge is 0.255 e. The van der Waals surface area contributed by atoms with E-state index in [2.05, 4.69) is 16.0 Å². The molecule has 0 aliphatic rings. The molecule has 2 rings (SSSR count). The summed E-state index contributed by atoms with van der Waals surface area (Å²) in [4.78, 5) is 23.5. The van der Waals surface area contributed by atoms with Crippen molar-refractivity contribution in [2.45, 2.75) is 13.8 Å². The Balaban J connectivity index is 1.92. The van der Waals surface area contributed by atoms with E-state index in [1.165, 1.54) is 0 Å². The average Bonchev–Trinajstić information content (AvgIpc) is 2.54. The molecule has 120 valence electrons. The summed E-state index contributed by atoms with van der Waals surface area (Å²) in [5.74, 6) is -0.193. The van der Waals surface area contributed by atoms with E-state index in [1.807, 2.05) is 44.2 Å². The Morgan fingerprint density at radius 1 is 1.00 bits per heavy atom. The third kappa shape index (κ3) is 5.14. The Morgan fingerprint density at radius 2 is 1.70 bits per heavy atom. The third-order valence-corrected chi connectivity index (χ3v) is 3.25. The highest BCUT2D eigenvalue weighted by Crippen LogP contribution is 2.15. The Bertz CT molecular complexity index is 681. The molecule has 0 bridgehead atoms. The number of anilines is 2. The lowest BCUT2D eigenvalue weighted by molar-refractivity contribution is -0.119. The number of carbonyl (C=O) groups is 2. The SMILES string of the molecule is CCNC(=O)CNc1ccc(NC(=O)c2cccc(C)c2)cc1. The van der Waals surface area contributed by atoms with E-state index in [4.69, 9.17) is 0 Å². The maximum Gasteiger partial charge on any atom is 0.255 e. The van der Waals surface area contributed by atoms with E-state index in [1.54, 1.807) is 18.2 Å². The summed E-state index contributed by atoms with van der Waals surface area (Å²) in [7, 11) is 0. The molecular formula is C18H21N3O2. The van der Waals surface area contributed by atoms with Gasteiger partial charge in [0.05, 0.1) is 6.54 Å². The number of amides is 2. The zero-order valence-corrected chi connectivity index (χ0v) is 13.3. The molecular weight excluding hydrogens is 290 g/mol. The van der Waals surface area contributed by atoms with E-state index in [0.717, 1.165) is 11.3 Å². The van der Waals surface area contributed by atoms with Gasteiger partial charge in [0, 0.05) is 23.5 Å².